The highest BCUT2D eigenvalue weighted by Gasteiger charge is 2.25. The number of rotatable bonds is 2. The summed E-state index contributed by atoms with van der Waals surface area (Å²) >= 11 is 3.56. The molecule has 64 valence electrons. The Bertz CT molecular complexity index is 158. The Morgan fingerprint density at radius 1 is 1.64 bits per heavy atom. The molecule has 0 N–H and O–H groups in total. The van der Waals surface area contributed by atoms with Crippen molar-refractivity contribution in [2.24, 2.45) is 5.10 Å². The van der Waals surface area contributed by atoms with Crippen molar-refractivity contribution < 1.29 is 0 Å². The van der Waals surface area contributed by atoms with Crippen LogP contribution < -0.4 is 0 Å². The second-order valence-electron chi connectivity index (χ2n) is 2.84. The first kappa shape index (κ1) is 8.84. The van der Waals surface area contributed by atoms with Gasteiger partial charge in [0.2, 0.25) is 0 Å². The molecule has 1 aliphatic rings. The molecule has 0 aromatic rings. The van der Waals surface area contributed by atoms with E-state index in [1.807, 2.05) is 11.3 Å². The van der Waals surface area contributed by atoms with Crippen molar-refractivity contribution in [1.29, 1.82) is 0 Å². The molecule has 3 nitrogen and oxygen atoms in total. The number of nitrogens with zero attached hydrogens (tertiary/aromatic N) is 3. The Balaban J connectivity index is 2.56. The van der Waals surface area contributed by atoms with Gasteiger partial charge in [-0.3, -0.25) is 5.01 Å². The minimum Gasteiger partial charge on any atom is -0.328 e. The lowest BCUT2D eigenvalue weighted by Gasteiger charge is -2.27. The topological polar surface area (TPSA) is 18.8 Å². The molecule has 0 aromatic carbocycles. The molecular weight excluding hydrogens is 206 g/mol. The van der Waals surface area contributed by atoms with E-state index in [-0.39, 0.29) is 5.08 Å². The van der Waals surface area contributed by atoms with Crippen molar-refractivity contribution in [2.75, 3.05) is 6.54 Å². The molecule has 11 heavy (non-hydrogen) atoms. The summed E-state index contributed by atoms with van der Waals surface area (Å²) in [5.74, 6) is 0. The fourth-order valence-corrected chi connectivity index (χ4v) is 1.98. The average Bonchev–Trinajstić information content (AvgIpc) is 2.30. The highest BCUT2D eigenvalue weighted by Crippen LogP contribution is 2.19. The van der Waals surface area contributed by atoms with Crippen molar-refractivity contribution >= 4 is 22.3 Å². The Morgan fingerprint density at radius 2 is 2.27 bits per heavy atom. The molecule has 0 saturated carbocycles. The standard InChI is InChI=1S/C7H14BrN3/c1-4-11-7(8)10(5-9-11)6(2)3/h5-7H,4H2,1-3H3. The summed E-state index contributed by atoms with van der Waals surface area (Å²) in [6.07, 6.45) is 1.88. The molecule has 1 atom stereocenters. The van der Waals surface area contributed by atoms with Crippen molar-refractivity contribution in [3.8, 4) is 0 Å². The third-order valence-electron chi connectivity index (χ3n) is 1.75. The molecule has 0 amide bonds. The lowest BCUT2D eigenvalue weighted by atomic mass is 10.4. The molecule has 0 saturated heterocycles. The van der Waals surface area contributed by atoms with Gasteiger partial charge >= 0.3 is 0 Å². The van der Waals surface area contributed by atoms with Crippen LogP contribution >= 0.6 is 15.9 Å². The van der Waals surface area contributed by atoms with Crippen LogP contribution in [-0.4, -0.2) is 33.9 Å². The normalized spacial score (nSPS) is 23.9. The van der Waals surface area contributed by atoms with Gasteiger partial charge in [-0.05, 0) is 36.7 Å². The lowest BCUT2D eigenvalue weighted by Crippen LogP contribution is -2.38. The smallest absolute Gasteiger partial charge is 0.175 e. The minimum absolute atomic E-state index is 0.243. The van der Waals surface area contributed by atoms with E-state index in [0.717, 1.165) is 6.54 Å². The van der Waals surface area contributed by atoms with Crippen molar-refractivity contribution in [3.05, 3.63) is 0 Å². The molecule has 0 aromatic heterocycles. The molecule has 0 spiro atoms. The predicted molar refractivity (Wildman–Crippen MR) is 50.6 cm³/mol. The zero-order valence-corrected chi connectivity index (χ0v) is 8.74. The highest BCUT2D eigenvalue weighted by atomic mass is 79.9. The van der Waals surface area contributed by atoms with Crippen LogP contribution in [0.25, 0.3) is 0 Å². The number of hydrazone groups is 1. The van der Waals surface area contributed by atoms with Gasteiger partial charge in [-0.1, -0.05) is 0 Å². The van der Waals surface area contributed by atoms with Crippen LogP contribution in [0, 0.1) is 0 Å². The summed E-state index contributed by atoms with van der Waals surface area (Å²) < 4.78 is 0. The molecule has 1 rings (SSSR count). The van der Waals surface area contributed by atoms with Crippen LogP contribution in [0.1, 0.15) is 20.8 Å². The summed E-state index contributed by atoms with van der Waals surface area (Å²) in [5.41, 5.74) is 0. The summed E-state index contributed by atoms with van der Waals surface area (Å²) in [6, 6.07) is 0.500. The zero-order chi connectivity index (χ0) is 8.43. The second-order valence-corrected chi connectivity index (χ2v) is 3.66. The van der Waals surface area contributed by atoms with Gasteiger partial charge in [0.1, 0.15) is 6.34 Å². The van der Waals surface area contributed by atoms with Crippen LogP contribution in [0.15, 0.2) is 5.10 Å². The molecule has 0 bridgehead atoms. The molecule has 0 radical (unpaired) electrons. The van der Waals surface area contributed by atoms with Crippen molar-refractivity contribution in [1.82, 2.24) is 9.91 Å². The van der Waals surface area contributed by atoms with E-state index < -0.39 is 0 Å². The number of hydrogen-bond acceptors (Lipinski definition) is 3. The fourth-order valence-electron chi connectivity index (χ4n) is 1.00. The summed E-state index contributed by atoms with van der Waals surface area (Å²) in [6.45, 7) is 7.34. The van der Waals surface area contributed by atoms with Crippen LogP contribution in [0.5, 0.6) is 0 Å². The summed E-state index contributed by atoms with van der Waals surface area (Å²) in [7, 11) is 0. The SMILES string of the molecule is CCN1N=CN(C(C)C)C1Br. The maximum Gasteiger partial charge on any atom is 0.175 e. The van der Waals surface area contributed by atoms with Gasteiger partial charge < -0.3 is 4.90 Å². The van der Waals surface area contributed by atoms with Crippen LogP contribution in [0.3, 0.4) is 0 Å². The number of halogens is 1. The molecule has 0 fully saturated rings. The molecule has 1 aliphatic heterocycles. The molecular formula is C7H14BrN3. The lowest BCUT2D eigenvalue weighted by molar-refractivity contribution is 0.198. The number of hydrogen-bond donors (Lipinski definition) is 0. The van der Waals surface area contributed by atoms with E-state index in [0.29, 0.717) is 6.04 Å². The van der Waals surface area contributed by atoms with Gasteiger partial charge in [-0.2, -0.15) is 5.10 Å². The largest absolute Gasteiger partial charge is 0.328 e. The average molecular weight is 220 g/mol. The van der Waals surface area contributed by atoms with E-state index in [1.54, 1.807) is 0 Å². The van der Waals surface area contributed by atoms with E-state index >= 15 is 0 Å². The van der Waals surface area contributed by atoms with Crippen LogP contribution in [0.4, 0.5) is 0 Å². The van der Waals surface area contributed by atoms with Gasteiger partial charge in [-0.15, -0.1) is 0 Å². The Morgan fingerprint density at radius 3 is 2.55 bits per heavy atom. The van der Waals surface area contributed by atoms with E-state index in [4.69, 9.17) is 0 Å². The summed E-state index contributed by atoms with van der Waals surface area (Å²) in [5, 5.41) is 6.47. The van der Waals surface area contributed by atoms with E-state index in [2.05, 4.69) is 46.7 Å². The Labute approximate surface area is 76.2 Å². The maximum absolute atomic E-state index is 4.23. The first-order valence-corrected chi connectivity index (χ1v) is 4.80. The predicted octanol–water partition coefficient (Wildman–Crippen LogP) is 1.65. The Kier molecular flexibility index (Phi) is 2.76. The second kappa shape index (κ2) is 3.43. The first-order valence-electron chi connectivity index (χ1n) is 3.89. The number of alkyl halides is 1. The third-order valence-corrected chi connectivity index (χ3v) is 2.69. The molecule has 0 aliphatic carbocycles. The molecule has 4 heteroatoms. The minimum atomic E-state index is 0.243. The summed E-state index contributed by atoms with van der Waals surface area (Å²) in [4.78, 5) is 2.17. The van der Waals surface area contributed by atoms with Gasteiger partial charge in [0.05, 0.1) is 0 Å². The van der Waals surface area contributed by atoms with Gasteiger partial charge in [0.15, 0.2) is 5.08 Å². The monoisotopic (exact) mass is 219 g/mol. The van der Waals surface area contributed by atoms with Crippen LogP contribution in [-0.2, 0) is 0 Å². The van der Waals surface area contributed by atoms with E-state index in [9.17, 15) is 0 Å². The van der Waals surface area contributed by atoms with Gasteiger partial charge in [-0.25, -0.2) is 0 Å². The van der Waals surface area contributed by atoms with Crippen molar-refractivity contribution in [3.63, 3.8) is 0 Å². The maximum atomic E-state index is 4.23. The first-order chi connectivity index (χ1) is 5.16. The highest BCUT2D eigenvalue weighted by molar-refractivity contribution is 9.09. The van der Waals surface area contributed by atoms with E-state index in [1.165, 1.54) is 0 Å². The quantitative estimate of drug-likeness (QED) is 0.520. The van der Waals surface area contributed by atoms with Gasteiger partial charge in [0.25, 0.3) is 0 Å². The van der Waals surface area contributed by atoms with Crippen LogP contribution in [0.2, 0.25) is 0 Å². The van der Waals surface area contributed by atoms with Gasteiger partial charge in [0, 0.05) is 12.6 Å². The molecule has 1 heterocycles. The third kappa shape index (κ3) is 1.67. The van der Waals surface area contributed by atoms with Crippen molar-refractivity contribution in [2.45, 2.75) is 31.9 Å². The molecule has 1 unspecified atom stereocenters. The zero-order valence-electron chi connectivity index (χ0n) is 7.16. The Hall–Kier alpha value is -0.250. The fraction of sp³-hybridized carbons (Fsp3) is 0.857.